The van der Waals surface area contributed by atoms with E-state index in [4.69, 9.17) is 9.72 Å². The van der Waals surface area contributed by atoms with Crippen molar-refractivity contribution in [2.24, 2.45) is 0 Å². The summed E-state index contributed by atoms with van der Waals surface area (Å²) >= 11 is 3.72. The molecule has 3 rings (SSSR count). The summed E-state index contributed by atoms with van der Waals surface area (Å²) in [7, 11) is 0. The van der Waals surface area contributed by atoms with Gasteiger partial charge < -0.3 is 10.1 Å². The molecule has 2 aromatic rings. The van der Waals surface area contributed by atoms with E-state index in [9.17, 15) is 0 Å². The van der Waals surface area contributed by atoms with Crippen LogP contribution in [0.1, 0.15) is 19.8 Å². The van der Waals surface area contributed by atoms with Crippen LogP contribution in [-0.4, -0.2) is 29.9 Å². The molecule has 1 fully saturated rings. The zero-order chi connectivity index (χ0) is 13.1. The molecule has 3 nitrogen and oxygen atoms in total. The van der Waals surface area contributed by atoms with Crippen molar-refractivity contribution >= 4 is 33.3 Å². The van der Waals surface area contributed by atoms with Crippen molar-refractivity contribution in [3.05, 3.63) is 18.2 Å². The second kappa shape index (κ2) is 6.11. The number of hydrogen-bond acceptors (Lipinski definition) is 5. The fourth-order valence-corrected chi connectivity index (χ4v) is 4.75. The van der Waals surface area contributed by atoms with Crippen LogP contribution in [-0.2, 0) is 0 Å². The molecule has 0 unspecified atom stereocenters. The number of fused-ring (bicyclic) bond motifs is 1. The predicted octanol–water partition coefficient (Wildman–Crippen LogP) is 3.54. The number of benzene rings is 1. The highest BCUT2D eigenvalue weighted by Crippen LogP contribution is 2.35. The molecule has 0 bridgehead atoms. The number of nitrogens with zero attached hydrogens (tertiary/aromatic N) is 1. The van der Waals surface area contributed by atoms with Gasteiger partial charge in [-0.15, -0.1) is 11.3 Å². The third-order valence-electron chi connectivity index (χ3n) is 3.20. The van der Waals surface area contributed by atoms with Gasteiger partial charge in [-0.3, -0.25) is 0 Å². The van der Waals surface area contributed by atoms with E-state index in [1.807, 2.05) is 24.8 Å². The van der Waals surface area contributed by atoms with E-state index >= 15 is 0 Å². The summed E-state index contributed by atoms with van der Waals surface area (Å²) in [4.78, 5) is 4.71. The van der Waals surface area contributed by atoms with Crippen LogP contribution >= 0.6 is 23.1 Å². The quantitative estimate of drug-likeness (QED) is 0.935. The van der Waals surface area contributed by atoms with E-state index < -0.39 is 0 Å². The van der Waals surface area contributed by atoms with E-state index in [1.165, 1.54) is 21.9 Å². The number of piperidine rings is 1. The molecule has 0 amide bonds. The smallest absolute Gasteiger partial charge is 0.151 e. The van der Waals surface area contributed by atoms with Gasteiger partial charge in [0, 0.05) is 5.25 Å². The molecule has 2 heterocycles. The van der Waals surface area contributed by atoms with Crippen molar-refractivity contribution in [2.45, 2.75) is 29.4 Å². The first-order valence-electron chi connectivity index (χ1n) is 6.76. The van der Waals surface area contributed by atoms with Crippen LogP contribution in [0.15, 0.2) is 22.5 Å². The van der Waals surface area contributed by atoms with Crippen LogP contribution in [0.25, 0.3) is 10.2 Å². The molecule has 1 saturated heterocycles. The average Bonchev–Trinajstić information content (AvgIpc) is 2.82. The molecule has 1 aliphatic rings. The summed E-state index contributed by atoms with van der Waals surface area (Å²) < 4.78 is 7.95. The number of ether oxygens (including phenoxy) is 1. The minimum absolute atomic E-state index is 0.709. The number of thiazole rings is 1. The van der Waals surface area contributed by atoms with Gasteiger partial charge in [0.1, 0.15) is 5.75 Å². The highest BCUT2D eigenvalue weighted by molar-refractivity contribution is 8.01. The molecule has 0 saturated carbocycles. The van der Waals surface area contributed by atoms with Crippen molar-refractivity contribution in [1.29, 1.82) is 0 Å². The first-order valence-corrected chi connectivity index (χ1v) is 8.45. The molecule has 1 aliphatic heterocycles. The van der Waals surface area contributed by atoms with Gasteiger partial charge in [0.25, 0.3) is 0 Å². The lowest BCUT2D eigenvalue weighted by Crippen LogP contribution is -2.29. The molecule has 1 N–H and O–H groups in total. The van der Waals surface area contributed by atoms with E-state index in [-0.39, 0.29) is 0 Å². The molecule has 0 radical (unpaired) electrons. The SMILES string of the molecule is CCOc1ccc2nc(SC3CCNCC3)sc2c1. The molecule has 102 valence electrons. The van der Waals surface area contributed by atoms with Gasteiger partial charge in [-0.25, -0.2) is 4.98 Å². The Morgan fingerprint density at radius 3 is 3.05 bits per heavy atom. The standard InChI is InChI=1S/C14H18N2OS2/c1-2-17-10-3-4-12-13(9-10)19-14(16-12)18-11-5-7-15-8-6-11/h3-4,9,11,15H,2,5-8H2,1H3. The maximum absolute atomic E-state index is 5.54. The molecule has 19 heavy (non-hydrogen) atoms. The van der Waals surface area contributed by atoms with Crippen LogP contribution in [0, 0.1) is 0 Å². The fourth-order valence-electron chi connectivity index (χ4n) is 2.25. The molecular formula is C14H18N2OS2. The summed E-state index contributed by atoms with van der Waals surface area (Å²) in [6, 6.07) is 6.16. The topological polar surface area (TPSA) is 34.1 Å². The first kappa shape index (κ1) is 13.2. The van der Waals surface area contributed by atoms with Gasteiger partial charge in [-0.2, -0.15) is 0 Å². The van der Waals surface area contributed by atoms with E-state index in [0.29, 0.717) is 11.9 Å². The molecule has 5 heteroatoms. The Hall–Kier alpha value is -0.780. The van der Waals surface area contributed by atoms with Gasteiger partial charge in [0.15, 0.2) is 4.34 Å². The van der Waals surface area contributed by atoms with Crippen LogP contribution in [0.2, 0.25) is 0 Å². The Morgan fingerprint density at radius 2 is 2.26 bits per heavy atom. The summed E-state index contributed by atoms with van der Waals surface area (Å²) in [6.07, 6.45) is 2.48. The van der Waals surface area contributed by atoms with Crippen LogP contribution < -0.4 is 10.1 Å². The van der Waals surface area contributed by atoms with Crippen molar-refractivity contribution in [1.82, 2.24) is 10.3 Å². The third-order valence-corrected chi connectivity index (χ3v) is 5.65. The highest BCUT2D eigenvalue weighted by atomic mass is 32.2. The Kier molecular flexibility index (Phi) is 4.25. The Morgan fingerprint density at radius 1 is 1.42 bits per heavy atom. The second-order valence-corrected chi connectivity index (χ2v) is 7.19. The minimum atomic E-state index is 0.709. The number of aromatic nitrogens is 1. The molecular weight excluding hydrogens is 276 g/mol. The largest absolute Gasteiger partial charge is 0.494 e. The maximum atomic E-state index is 5.54. The van der Waals surface area contributed by atoms with Gasteiger partial charge in [-0.05, 0) is 51.1 Å². The zero-order valence-electron chi connectivity index (χ0n) is 11.0. The van der Waals surface area contributed by atoms with Crippen molar-refractivity contribution in [3.63, 3.8) is 0 Å². The van der Waals surface area contributed by atoms with Crippen molar-refractivity contribution < 1.29 is 4.74 Å². The highest BCUT2D eigenvalue weighted by Gasteiger charge is 2.16. The van der Waals surface area contributed by atoms with Crippen molar-refractivity contribution in [2.75, 3.05) is 19.7 Å². The van der Waals surface area contributed by atoms with E-state index in [0.717, 1.165) is 24.4 Å². The van der Waals surface area contributed by atoms with Gasteiger partial charge in [-0.1, -0.05) is 11.8 Å². The number of hydrogen-bond donors (Lipinski definition) is 1. The Balaban J connectivity index is 1.76. The summed E-state index contributed by atoms with van der Waals surface area (Å²) in [6.45, 7) is 4.99. The van der Waals surface area contributed by atoms with Gasteiger partial charge >= 0.3 is 0 Å². The third kappa shape index (κ3) is 3.22. The fraction of sp³-hybridized carbons (Fsp3) is 0.500. The molecule has 1 aromatic carbocycles. The van der Waals surface area contributed by atoms with E-state index in [2.05, 4.69) is 17.4 Å². The predicted molar refractivity (Wildman–Crippen MR) is 82.5 cm³/mol. The van der Waals surface area contributed by atoms with E-state index in [1.54, 1.807) is 11.3 Å². The maximum Gasteiger partial charge on any atom is 0.151 e. The van der Waals surface area contributed by atoms with Crippen LogP contribution in [0.3, 0.4) is 0 Å². The lowest BCUT2D eigenvalue weighted by Gasteiger charge is -2.20. The molecule has 0 atom stereocenters. The van der Waals surface area contributed by atoms with Crippen LogP contribution in [0.4, 0.5) is 0 Å². The Labute approximate surface area is 121 Å². The lowest BCUT2D eigenvalue weighted by molar-refractivity contribution is 0.341. The summed E-state index contributed by atoms with van der Waals surface area (Å²) in [5.41, 5.74) is 1.09. The van der Waals surface area contributed by atoms with Gasteiger partial charge in [0.2, 0.25) is 0 Å². The molecule has 0 aliphatic carbocycles. The second-order valence-electron chi connectivity index (χ2n) is 4.61. The summed E-state index contributed by atoms with van der Waals surface area (Å²) in [5, 5.41) is 4.12. The monoisotopic (exact) mass is 294 g/mol. The minimum Gasteiger partial charge on any atom is -0.494 e. The Bertz CT molecular complexity index is 549. The number of rotatable bonds is 4. The summed E-state index contributed by atoms with van der Waals surface area (Å²) in [5.74, 6) is 0.942. The number of thioether (sulfide) groups is 1. The zero-order valence-corrected chi connectivity index (χ0v) is 12.6. The van der Waals surface area contributed by atoms with Gasteiger partial charge in [0.05, 0.1) is 16.8 Å². The first-order chi connectivity index (χ1) is 9.35. The number of nitrogens with one attached hydrogen (secondary N) is 1. The molecule has 0 spiro atoms. The normalized spacial score (nSPS) is 16.9. The lowest BCUT2D eigenvalue weighted by atomic mass is 10.2. The average molecular weight is 294 g/mol. The van der Waals surface area contributed by atoms with Crippen LogP contribution in [0.5, 0.6) is 5.75 Å². The molecule has 1 aromatic heterocycles. The van der Waals surface area contributed by atoms with Crippen molar-refractivity contribution in [3.8, 4) is 5.75 Å².